The number of aliphatic hydroxyl groups excluding tert-OH is 1. The van der Waals surface area contributed by atoms with Crippen molar-refractivity contribution >= 4 is 5.91 Å². The minimum absolute atomic E-state index is 0.0648. The second-order valence-electron chi connectivity index (χ2n) is 4.95. The van der Waals surface area contributed by atoms with Crippen LogP contribution in [0.25, 0.3) is 0 Å². The number of hydrogen-bond acceptors (Lipinski definition) is 5. The molecule has 19 heavy (non-hydrogen) atoms. The summed E-state index contributed by atoms with van der Waals surface area (Å²) in [5.41, 5.74) is -0.559. The Hall–Kier alpha value is -0.690. The van der Waals surface area contributed by atoms with E-state index >= 15 is 0 Å². The lowest BCUT2D eigenvalue weighted by molar-refractivity contribution is -0.126. The van der Waals surface area contributed by atoms with Gasteiger partial charge < -0.3 is 25.2 Å². The second kappa shape index (κ2) is 9.25. The summed E-state index contributed by atoms with van der Waals surface area (Å²) < 4.78 is 10.6. The highest BCUT2D eigenvalue weighted by Gasteiger charge is 2.32. The van der Waals surface area contributed by atoms with Gasteiger partial charge in [0, 0.05) is 19.7 Å². The molecule has 6 nitrogen and oxygen atoms in total. The van der Waals surface area contributed by atoms with E-state index in [1.54, 1.807) is 0 Å². The summed E-state index contributed by atoms with van der Waals surface area (Å²) in [4.78, 5) is 11.6. The van der Waals surface area contributed by atoms with E-state index in [2.05, 4.69) is 17.6 Å². The molecule has 0 radical (unpaired) electrons. The van der Waals surface area contributed by atoms with Gasteiger partial charge in [0.25, 0.3) is 0 Å². The van der Waals surface area contributed by atoms with Crippen LogP contribution in [0.2, 0.25) is 0 Å². The summed E-state index contributed by atoms with van der Waals surface area (Å²) in [6.07, 6.45) is 3.25. The first-order chi connectivity index (χ1) is 9.22. The molecule has 1 atom stereocenters. The molecular formula is C13H26N2O4. The first kappa shape index (κ1) is 16.4. The molecular weight excluding hydrogens is 248 g/mol. The summed E-state index contributed by atoms with van der Waals surface area (Å²) in [7, 11) is 0. The first-order valence-electron chi connectivity index (χ1n) is 7.00. The minimum atomic E-state index is -0.559. The molecule has 112 valence electrons. The predicted molar refractivity (Wildman–Crippen MR) is 72.0 cm³/mol. The van der Waals surface area contributed by atoms with Gasteiger partial charge in [-0.3, -0.25) is 4.79 Å². The van der Waals surface area contributed by atoms with Gasteiger partial charge in [-0.2, -0.15) is 0 Å². The monoisotopic (exact) mass is 274 g/mol. The van der Waals surface area contributed by atoms with Crippen molar-refractivity contribution in [2.24, 2.45) is 0 Å². The lowest BCUT2D eigenvalue weighted by atomic mass is 10.0. The molecule has 1 heterocycles. The second-order valence-corrected chi connectivity index (χ2v) is 4.95. The fourth-order valence-electron chi connectivity index (χ4n) is 1.92. The number of amides is 1. The van der Waals surface area contributed by atoms with Crippen molar-refractivity contribution in [2.75, 3.05) is 46.1 Å². The van der Waals surface area contributed by atoms with E-state index in [9.17, 15) is 9.90 Å². The van der Waals surface area contributed by atoms with E-state index in [-0.39, 0.29) is 19.1 Å². The van der Waals surface area contributed by atoms with Crippen LogP contribution in [0.3, 0.4) is 0 Å². The molecule has 1 fully saturated rings. The average Bonchev–Trinajstić information content (AvgIpc) is 2.46. The molecule has 0 aliphatic carbocycles. The molecule has 1 amide bonds. The molecule has 6 heteroatoms. The number of morpholine rings is 1. The Morgan fingerprint density at radius 2 is 2.37 bits per heavy atom. The van der Waals surface area contributed by atoms with Gasteiger partial charge >= 0.3 is 0 Å². The highest BCUT2D eigenvalue weighted by molar-refractivity contribution is 5.77. The maximum atomic E-state index is 11.6. The number of hydrogen-bond donors (Lipinski definition) is 3. The van der Waals surface area contributed by atoms with Crippen LogP contribution in [0.15, 0.2) is 0 Å². The summed E-state index contributed by atoms with van der Waals surface area (Å²) in [6.45, 7) is 4.83. The Kier molecular flexibility index (Phi) is 7.97. The van der Waals surface area contributed by atoms with Crippen LogP contribution >= 0.6 is 0 Å². The Balaban J connectivity index is 2.14. The third-order valence-electron chi connectivity index (χ3n) is 3.18. The van der Waals surface area contributed by atoms with Crippen molar-refractivity contribution in [1.82, 2.24) is 10.6 Å². The van der Waals surface area contributed by atoms with Crippen molar-refractivity contribution < 1.29 is 19.4 Å². The van der Waals surface area contributed by atoms with Crippen molar-refractivity contribution in [1.29, 1.82) is 0 Å². The number of carbonyl (C=O) groups excluding carboxylic acids is 1. The van der Waals surface area contributed by atoms with Crippen molar-refractivity contribution in [3.8, 4) is 0 Å². The number of rotatable bonds is 9. The van der Waals surface area contributed by atoms with Gasteiger partial charge in [0.05, 0.1) is 25.4 Å². The summed E-state index contributed by atoms with van der Waals surface area (Å²) in [6, 6.07) is 0. The SMILES string of the molecule is CCCCCOCC(=O)NCC1(CO)COCCN1. The van der Waals surface area contributed by atoms with Gasteiger partial charge in [-0.25, -0.2) is 0 Å². The van der Waals surface area contributed by atoms with E-state index in [4.69, 9.17) is 9.47 Å². The normalized spacial score (nSPS) is 23.3. The third-order valence-corrected chi connectivity index (χ3v) is 3.18. The number of aliphatic hydroxyl groups is 1. The number of ether oxygens (including phenoxy) is 2. The zero-order valence-corrected chi connectivity index (χ0v) is 11.7. The van der Waals surface area contributed by atoms with Crippen LogP contribution in [0.5, 0.6) is 0 Å². The lowest BCUT2D eigenvalue weighted by Crippen LogP contribution is -2.62. The zero-order valence-electron chi connectivity index (χ0n) is 11.7. The largest absolute Gasteiger partial charge is 0.394 e. The fraction of sp³-hybridized carbons (Fsp3) is 0.923. The molecule has 0 aromatic carbocycles. The molecule has 1 saturated heterocycles. The number of unbranched alkanes of at least 4 members (excludes halogenated alkanes) is 2. The Bertz CT molecular complexity index is 255. The smallest absolute Gasteiger partial charge is 0.246 e. The molecule has 1 unspecified atom stereocenters. The van der Waals surface area contributed by atoms with Gasteiger partial charge in [0.15, 0.2) is 0 Å². The Morgan fingerprint density at radius 3 is 3.00 bits per heavy atom. The van der Waals surface area contributed by atoms with E-state index < -0.39 is 5.54 Å². The van der Waals surface area contributed by atoms with E-state index in [1.807, 2.05) is 0 Å². The molecule has 0 saturated carbocycles. The fourth-order valence-corrected chi connectivity index (χ4v) is 1.92. The molecule has 1 aliphatic heterocycles. The standard InChI is InChI=1S/C13H26N2O4/c1-2-3-4-6-18-8-12(17)14-9-13(10-16)11-19-7-5-15-13/h15-16H,2-11H2,1H3,(H,14,17). The van der Waals surface area contributed by atoms with Crippen molar-refractivity contribution in [2.45, 2.75) is 31.7 Å². The average molecular weight is 274 g/mol. The maximum Gasteiger partial charge on any atom is 0.246 e. The van der Waals surface area contributed by atoms with Gasteiger partial charge in [0.2, 0.25) is 5.91 Å². The van der Waals surface area contributed by atoms with Crippen LogP contribution in [-0.4, -0.2) is 62.7 Å². The number of nitrogens with one attached hydrogen (secondary N) is 2. The molecule has 1 aliphatic rings. The van der Waals surface area contributed by atoms with E-state index in [0.717, 1.165) is 19.3 Å². The third kappa shape index (κ3) is 6.33. The van der Waals surface area contributed by atoms with E-state index in [0.29, 0.717) is 32.9 Å². The van der Waals surface area contributed by atoms with Crippen molar-refractivity contribution in [3.63, 3.8) is 0 Å². The van der Waals surface area contributed by atoms with E-state index in [1.165, 1.54) is 0 Å². The van der Waals surface area contributed by atoms with Crippen LogP contribution in [0.1, 0.15) is 26.2 Å². The van der Waals surface area contributed by atoms with Crippen molar-refractivity contribution in [3.05, 3.63) is 0 Å². The zero-order chi connectivity index (χ0) is 14.0. The summed E-state index contributed by atoms with van der Waals surface area (Å²) >= 11 is 0. The van der Waals surface area contributed by atoms with Crippen LogP contribution in [0.4, 0.5) is 0 Å². The molecule has 0 spiro atoms. The van der Waals surface area contributed by atoms with Crippen LogP contribution in [0, 0.1) is 0 Å². The van der Waals surface area contributed by atoms with Crippen LogP contribution in [-0.2, 0) is 14.3 Å². The lowest BCUT2D eigenvalue weighted by Gasteiger charge is -2.36. The predicted octanol–water partition coefficient (Wildman–Crippen LogP) is -0.340. The summed E-state index contributed by atoms with van der Waals surface area (Å²) in [5.74, 6) is -0.156. The topological polar surface area (TPSA) is 79.8 Å². The molecule has 3 N–H and O–H groups in total. The molecule has 0 aromatic heterocycles. The molecule has 0 aromatic rings. The quantitative estimate of drug-likeness (QED) is 0.501. The molecule has 0 bridgehead atoms. The first-order valence-corrected chi connectivity index (χ1v) is 7.00. The van der Waals surface area contributed by atoms with Gasteiger partial charge in [-0.15, -0.1) is 0 Å². The van der Waals surface area contributed by atoms with Gasteiger partial charge in [-0.1, -0.05) is 19.8 Å². The number of carbonyl (C=O) groups is 1. The molecule has 1 rings (SSSR count). The maximum absolute atomic E-state index is 11.6. The Labute approximate surface area is 114 Å². The highest BCUT2D eigenvalue weighted by atomic mass is 16.5. The van der Waals surface area contributed by atoms with Crippen LogP contribution < -0.4 is 10.6 Å². The van der Waals surface area contributed by atoms with Gasteiger partial charge in [0.1, 0.15) is 6.61 Å². The van der Waals surface area contributed by atoms with Gasteiger partial charge in [-0.05, 0) is 6.42 Å². The Morgan fingerprint density at radius 1 is 1.53 bits per heavy atom. The highest BCUT2D eigenvalue weighted by Crippen LogP contribution is 2.07. The summed E-state index contributed by atoms with van der Waals surface area (Å²) in [5, 5.41) is 15.4. The minimum Gasteiger partial charge on any atom is -0.394 e.